The molecule has 0 aromatic heterocycles. The number of nitrogens with zero attached hydrogens (tertiary/aromatic N) is 1. The van der Waals surface area contributed by atoms with E-state index in [0.29, 0.717) is 12.5 Å². The van der Waals surface area contributed by atoms with Crippen molar-refractivity contribution in [3.63, 3.8) is 0 Å². The van der Waals surface area contributed by atoms with Crippen molar-refractivity contribution in [1.82, 2.24) is 5.32 Å². The van der Waals surface area contributed by atoms with E-state index in [1.165, 1.54) is 16.2 Å². The van der Waals surface area contributed by atoms with E-state index in [-0.39, 0.29) is 5.91 Å². The second-order valence-electron chi connectivity index (χ2n) is 6.40. The van der Waals surface area contributed by atoms with Crippen LogP contribution in [0.5, 0.6) is 0 Å². The minimum Gasteiger partial charge on any atom is -0.360 e. The van der Waals surface area contributed by atoms with Gasteiger partial charge < -0.3 is 15.1 Å². The van der Waals surface area contributed by atoms with Gasteiger partial charge in [0, 0.05) is 12.2 Å². The average Bonchev–Trinajstić information content (AvgIpc) is 2.47. The van der Waals surface area contributed by atoms with Gasteiger partial charge in [-0.2, -0.15) is 0 Å². The lowest BCUT2D eigenvalue weighted by atomic mass is 10.1. The summed E-state index contributed by atoms with van der Waals surface area (Å²) in [6.45, 7) is 11.9. The SMILES string of the molecule is Cc1ccccc1N1CC[NH+](CC(=O)NCC(C)C)CC1. The normalized spacial score (nSPS) is 16.3. The maximum absolute atomic E-state index is 11.9. The molecular formula is C17H28N3O+. The fraction of sp³-hybridized carbons (Fsp3) is 0.588. The van der Waals surface area contributed by atoms with Gasteiger partial charge in [-0.15, -0.1) is 0 Å². The van der Waals surface area contributed by atoms with Crippen molar-refractivity contribution in [3.05, 3.63) is 29.8 Å². The zero-order valence-corrected chi connectivity index (χ0v) is 13.5. The summed E-state index contributed by atoms with van der Waals surface area (Å²) in [7, 11) is 0. The number of amides is 1. The zero-order chi connectivity index (χ0) is 15.2. The third-order valence-electron chi connectivity index (χ3n) is 4.04. The highest BCUT2D eigenvalue weighted by Gasteiger charge is 2.22. The van der Waals surface area contributed by atoms with Crippen molar-refractivity contribution in [3.8, 4) is 0 Å². The quantitative estimate of drug-likeness (QED) is 0.827. The zero-order valence-electron chi connectivity index (χ0n) is 13.5. The fourth-order valence-corrected chi connectivity index (χ4v) is 2.77. The Balaban J connectivity index is 1.78. The van der Waals surface area contributed by atoms with Gasteiger partial charge in [0.05, 0.1) is 26.2 Å². The van der Waals surface area contributed by atoms with Crippen LogP contribution in [0.15, 0.2) is 24.3 Å². The Morgan fingerprint density at radius 3 is 2.57 bits per heavy atom. The third-order valence-corrected chi connectivity index (χ3v) is 4.04. The lowest BCUT2D eigenvalue weighted by Crippen LogP contribution is -3.16. The molecule has 116 valence electrons. The van der Waals surface area contributed by atoms with Crippen LogP contribution < -0.4 is 15.1 Å². The van der Waals surface area contributed by atoms with Crippen molar-refractivity contribution < 1.29 is 9.69 Å². The van der Waals surface area contributed by atoms with Crippen LogP contribution in [0.2, 0.25) is 0 Å². The number of para-hydroxylation sites is 1. The Labute approximate surface area is 128 Å². The van der Waals surface area contributed by atoms with Crippen LogP contribution in [0.4, 0.5) is 5.69 Å². The molecule has 0 saturated carbocycles. The van der Waals surface area contributed by atoms with E-state index in [1.54, 1.807) is 0 Å². The maximum Gasteiger partial charge on any atom is 0.275 e. The molecule has 0 spiro atoms. The first-order valence-corrected chi connectivity index (χ1v) is 7.97. The molecule has 2 rings (SSSR count). The molecule has 1 aliphatic heterocycles. The number of quaternary nitrogens is 1. The highest BCUT2D eigenvalue weighted by Crippen LogP contribution is 2.18. The molecular weight excluding hydrogens is 262 g/mol. The Morgan fingerprint density at radius 1 is 1.29 bits per heavy atom. The van der Waals surface area contributed by atoms with Crippen LogP contribution in [0.1, 0.15) is 19.4 Å². The molecule has 0 aliphatic carbocycles. The molecule has 0 radical (unpaired) electrons. The van der Waals surface area contributed by atoms with Crippen molar-refractivity contribution >= 4 is 11.6 Å². The highest BCUT2D eigenvalue weighted by atomic mass is 16.2. The number of hydrogen-bond donors (Lipinski definition) is 2. The molecule has 1 aliphatic rings. The molecule has 1 amide bonds. The monoisotopic (exact) mass is 290 g/mol. The molecule has 0 unspecified atom stereocenters. The van der Waals surface area contributed by atoms with Gasteiger partial charge in [-0.05, 0) is 24.5 Å². The van der Waals surface area contributed by atoms with E-state index in [4.69, 9.17) is 0 Å². The highest BCUT2D eigenvalue weighted by molar-refractivity contribution is 5.76. The molecule has 2 N–H and O–H groups in total. The van der Waals surface area contributed by atoms with Crippen LogP contribution in [0.3, 0.4) is 0 Å². The van der Waals surface area contributed by atoms with Crippen molar-refractivity contribution in [2.45, 2.75) is 20.8 Å². The summed E-state index contributed by atoms with van der Waals surface area (Å²) in [5.74, 6) is 0.699. The molecule has 1 aromatic rings. The standard InChI is InChI=1S/C17H27N3O/c1-14(2)12-18-17(21)13-19-8-10-20(11-9-19)16-7-5-4-6-15(16)3/h4-7,14H,8-13H2,1-3H3,(H,18,21)/p+1. The second-order valence-corrected chi connectivity index (χ2v) is 6.40. The number of rotatable bonds is 5. The molecule has 0 bridgehead atoms. The van der Waals surface area contributed by atoms with Crippen LogP contribution in [0, 0.1) is 12.8 Å². The maximum atomic E-state index is 11.9. The molecule has 4 nitrogen and oxygen atoms in total. The summed E-state index contributed by atoms with van der Waals surface area (Å²) in [5.41, 5.74) is 2.66. The van der Waals surface area contributed by atoms with Crippen LogP contribution in [-0.2, 0) is 4.79 Å². The number of carbonyl (C=O) groups is 1. The van der Waals surface area contributed by atoms with Crippen LogP contribution in [-0.4, -0.2) is 45.2 Å². The molecule has 4 heteroatoms. The third kappa shape index (κ3) is 4.74. The van der Waals surface area contributed by atoms with Crippen LogP contribution in [0.25, 0.3) is 0 Å². The average molecular weight is 290 g/mol. The minimum atomic E-state index is 0.183. The van der Waals surface area contributed by atoms with Gasteiger partial charge in [0.1, 0.15) is 0 Å². The number of hydrogen-bond acceptors (Lipinski definition) is 2. The number of anilines is 1. The summed E-state index contributed by atoms with van der Waals surface area (Å²) in [6, 6.07) is 8.53. The van der Waals surface area contributed by atoms with E-state index in [9.17, 15) is 4.79 Å². The van der Waals surface area contributed by atoms with Crippen molar-refractivity contribution in [1.29, 1.82) is 0 Å². The predicted octanol–water partition coefficient (Wildman–Crippen LogP) is 0.472. The minimum absolute atomic E-state index is 0.183. The Kier molecular flexibility index (Phi) is 5.62. The van der Waals surface area contributed by atoms with Crippen molar-refractivity contribution in [2.24, 2.45) is 5.92 Å². The van der Waals surface area contributed by atoms with E-state index in [2.05, 4.69) is 55.3 Å². The van der Waals surface area contributed by atoms with Gasteiger partial charge in [0.25, 0.3) is 5.91 Å². The van der Waals surface area contributed by atoms with Gasteiger partial charge in [-0.1, -0.05) is 32.0 Å². The van der Waals surface area contributed by atoms with Gasteiger partial charge in [-0.3, -0.25) is 4.79 Å². The lowest BCUT2D eigenvalue weighted by Gasteiger charge is -2.34. The predicted molar refractivity (Wildman–Crippen MR) is 86.8 cm³/mol. The summed E-state index contributed by atoms with van der Waals surface area (Å²) in [6.07, 6.45) is 0. The molecule has 1 heterocycles. The van der Waals surface area contributed by atoms with E-state index < -0.39 is 0 Å². The first kappa shape index (κ1) is 15.8. The summed E-state index contributed by atoms with van der Waals surface area (Å²) < 4.78 is 0. The number of aryl methyl sites for hydroxylation is 1. The van der Waals surface area contributed by atoms with E-state index in [0.717, 1.165) is 32.7 Å². The molecule has 21 heavy (non-hydrogen) atoms. The largest absolute Gasteiger partial charge is 0.360 e. The number of piperazine rings is 1. The smallest absolute Gasteiger partial charge is 0.275 e. The number of benzene rings is 1. The Morgan fingerprint density at radius 2 is 1.95 bits per heavy atom. The Bertz CT molecular complexity index is 465. The van der Waals surface area contributed by atoms with E-state index >= 15 is 0 Å². The topological polar surface area (TPSA) is 36.8 Å². The summed E-state index contributed by atoms with van der Waals surface area (Å²) in [4.78, 5) is 15.7. The van der Waals surface area contributed by atoms with Gasteiger partial charge >= 0.3 is 0 Å². The number of nitrogens with one attached hydrogen (secondary N) is 2. The first-order valence-electron chi connectivity index (χ1n) is 7.97. The summed E-state index contributed by atoms with van der Waals surface area (Å²) in [5, 5.41) is 3.01. The fourth-order valence-electron chi connectivity index (χ4n) is 2.77. The molecule has 1 fully saturated rings. The van der Waals surface area contributed by atoms with Crippen molar-refractivity contribution in [2.75, 3.05) is 44.2 Å². The first-order chi connectivity index (χ1) is 10.1. The van der Waals surface area contributed by atoms with Gasteiger partial charge in [-0.25, -0.2) is 0 Å². The summed E-state index contributed by atoms with van der Waals surface area (Å²) >= 11 is 0. The Hall–Kier alpha value is -1.55. The molecule has 0 atom stereocenters. The second kappa shape index (κ2) is 7.46. The molecule has 1 saturated heterocycles. The van der Waals surface area contributed by atoms with Crippen LogP contribution >= 0.6 is 0 Å². The van der Waals surface area contributed by atoms with E-state index in [1.807, 2.05) is 0 Å². The molecule has 1 aromatic carbocycles. The van der Waals surface area contributed by atoms with Gasteiger partial charge in [0.2, 0.25) is 0 Å². The lowest BCUT2D eigenvalue weighted by molar-refractivity contribution is -0.892. The number of carbonyl (C=O) groups excluding carboxylic acids is 1. The van der Waals surface area contributed by atoms with Gasteiger partial charge in [0.15, 0.2) is 6.54 Å².